The molecular weight excluding hydrogens is 250 g/mol. The summed E-state index contributed by atoms with van der Waals surface area (Å²) in [6.45, 7) is 2.51. The minimum Gasteiger partial charge on any atom is -0.393 e. The summed E-state index contributed by atoms with van der Waals surface area (Å²) in [5.74, 6) is 1.18. The lowest BCUT2D eigenvalue weighted by Gasteiger charge is -2.24. The fourth-order valence-corrected chi connectivity index (χ4v) is 2.33. The fourth-order valence-electron chi connectivity index (χ4n) is 2.33. The zero-order chi connectivity index (χ0) is 15.1. The van der Waals surface area contributed by atoms with E-state index in [1.54, 1.807) is 0 Å². The van der Waals surface area contributed by atoms with Crippen LogP contribution in [0, 0.1) is 0 Å². The van der Waals surface area contributed by atoms with Crippen molar-refractivity contribution in [2.75, 3.05) is 34.7 Å². The summed E-state index contributed by atoms with van der Waals surface area (Å²) < 4.78 is 0. The molecule has 0 bridgehead atoms. The van der Waals surface area contributed by atoms with Crippen molar-refractivity contribution in [3.8, 4) is 0 Å². The Kier molecular flexibility index (Phi) is 6.52. The zero-order valence-corrected chi connectivity index (χ0v) is 13.2. The van der Waals surface area contributed by atoms with Gasteiger partial charge < -0.3 is 14.9 Å². The number of rotatable bonds is 5. The van der Waals surface area contributed by atoms with Gasteiger partial charge in [-0.2, -0.15) is 0 Å². The van der Waals surface area contributed by atoms with Gasteiger partial charge in [-0.25, -0.2) is 0 Å². The number of benzene rings is 1. The summed E-state index contributed by atoms with van der Waals surface area (Å²) >= 11 is 0. The van der Waals surface area contributed by atoms with E-state index in [0.717, 1.165) is 12.4 Å². The second-order valence-electron chi connectivity index (χ2n) is 5.62. The van der Waals surface area contributed by atoms with Crippen molar-refractivity contribution in [1.82, 2.24) is 9.80 Å². The smallest absolute Gasteiger partial charge is 0.195 e. The first-order chi connectivity index (χ1) is 9.41. The lowest BCUT2D eigenvalue weighted by atomic mass is 9.93. The molecule has 0 spiro atoms. The molecule has 2 atom stereocenters. The SMILES string of the molecule is C[C@@H](O)C[C@H](CN=C(N(C)C)N(C)C)c1ccccc1. The van der Waals surface area contributed by atoms with E-state index >= 15 is 0 Å². The molecule has 4 nitrogen and oxygen atoms in total. The lowest BCUT2D eigenvalue weighted by Crippen LogP contribution is -2.35. The van der Waals surface area contributed by atoms with E-state index in [4.69, 9.17) is 4.99 Å². The Morgan fingerprint density at radius 1 is 1.10 bits per heavy atom. The van der Waals surface area contributed by atoms with E-state index in [9.17, 15) is 5.11 Å². The quantitative estimate of drug-likeness (QED) is 0.661. The number of nitrogens with zero attached hydrogens (tertiary/aromatic N) is 3. The highest BCUT2D eigenvalue weighted by molar-refractivity contribution is 5.79. The summed E-state index contributed by atoms with van der Waals surface area (Å²) in [7, 11) is 7.96. The van der Waals surface area contributed by atoms with Gasteiger partial charge in [0.05, 0.1) is 6.10 Å². The first kappa shape index (κ1) is 16.5. The molecule has 0 aliphatic rings. The maximum absolute atomic E-state index is 9.70. The number of aliphatic imine (C=N–C) groups is 1. The van der Waals surface area contributed by atoms with Crippen molar-refractivity contribution in [3.05, 3.63) is 35.9 Å². The third-order valence-electron chi connectivity index (χ3n) is 3.15. The van der Waals surface area contributed by atoms with E-state index in [2.05, 4.69) is 12.1 Å². The van der Waals surface area contributed by atoms with Crippen LogP contribution in [0.3, 0.4) is 0 Å². The van der Waals surface area contributed by atoms with Gasteiger partial charge in [0.25, 0.3) is 0 Å². The van der Waals surface area contributed by atoms with Gasteiger partial charge in [0.1, 0.15) is 0 Å². The first-order valence-electron chi connectivity index (χ1n) is 7.04. The molecule has 0 saturated heterocycles. The van der Waals surface area contributed by atoms with Gasteiger partial charge in [-0.15, -0.1) is 0 Å². The molecule has 1 rings (SSSR count). The minimum atomic E-state index is -0.322. The fraction of sp³-hybridized carbons (Fsp3) is 0.562. The van der Waals surface area contributed by atoms with Gasteiger partial charge in [-0.05, 0) is 18.9 Å². The average molecular weight is 277 g/mol. The van der Waals surface area contributed by atoms with Gasteiger partial charge in [-0.3, -0.25) is 4.99 Å². The van der Waals surface area contributed by atoms with Crippen molar-refractivity contribution in [2.45, 2.75) is 25.4 Å². The highest BCUT2D eigenvalue weighted by Gasteiger charge is 2.15. The molecular formula is C16H27N3O. The Morgan fingerprint density at radius 3 is 2.10 bits per heavy atom. The van der Waals surface area contributed by atoms with E-state index in [1.165, 1.54) is 5.56 Å². The molecule has 0 saturated carbocycles. The molecule has 0 amide bonds. The van der Waals surface area contributed by atoms with Crippen LogP contribution in [-0.2, 0) is 0 Å². The third-order valence-corrected chi connectivity index (χ3v) is 3.15. The molecule has 20 heavy (non-hydrogen) atoms. The second kappa shape index (κ2) is 7.90. The standard InChI is InChI=1S/C16H27N3O/c1-13(20)11-15(14-9-7-6-8-10-14)12-17-16(18(2)3)19(4)5/h6-10,13,15,20H,11-12H2,1-5H3/t13-,15-/m1/s1. The minimum absolute atomic E-state index is 0.242. The van der Waals surface area contributed by atoms with Crippen LogP contribution in [-0.4, -0.2) is 61.7 Å². The van der Waals surface area contributed by atoms with Gasteiger partial charge in [-0.1, -0.05) is 30.3 Å². The summed E-state index contributed by atoms with van der Waals surface area (Å²) in [6, 6.07) is 10.3. The van der Waals surface area contributed by atoms with Crippen LogP contribution in [0.5, 0.6) is 0 Å². The van der Waals surface area contributed by atoms with E-state index in [1.807, 2.05) is 63.1 Å². The largest absolute Gasteiger partial charge is 0.393 e. The molecule has 0 fully saturated rings. The van der Waals surface area contributed by atoms with Gasteiger partial charge >= 0.3 is 0 Å². The monoisotopic (exact) mass is 277 g/mol. The number of aliphatic hydroxyl groups excluding tert-OH is 1. The number of aliphatic hydroxyl groups is 1. The molecule has 4 heteroatoms. The van der Waals surface area contributed by atoms with Crippen molar-refractivity contribution in [2.24, 2.45) is 4.99 Å². The van der Waals surface area contributed by atoms with Crippen molar-refractivity contribution < 1.29 is 5.11 Å². The molecule has 0 radical (unpaired) electrons. The summed E-state index contributed by atoms with van der Waals surface area (Å²) in [4.78, 5) is 8.72. The molecule has 0 unspecified atom stereocenters. The molecule has 0 heterocycles. The van der Waals surface area contributed by atoms with Crippen LogP contribution in [0.2, 0.25) is 0 Å². The second-order valence-corrected chi connectivity index (χ2v) is 5.62. The summed E-state index contributed by atoms with van der Waals surface area (Å²) in [6.07, 6.45) is 0.402. The predicted octanol–water partition coefficient (Wildman–Crippen LogP) is 2.02. The van der Waals surface area contributed by atoms with E-state index in [0.29, 0.717) is 6.54 Å². The van der Waals surface area contributed by atoms with Gasteiger partial charge in [0.2, 0.25) is 0 Å². The number of hydrogen-bond acceptors (Lipinski definition) is 2. The Morgan fingerprint density at radius 2 is 1.65 bits per heavy atom. The van der Waals surface area contributed by atoms with Crippen LogP contribution in [0.4, 0.5) is 0 Å². The molecule has 1 N–H and O–H groups in total. The highest BCUT2D eigenvalue weighted by atomic mass is 16.3. The van der Waals surface area contributed by atoms with Crippen LogP contribution in [0.25, 0.3) is 0 Å². The van der Waals surface area contributed by atoms with Gasteiger partial charge in [0.15, 0.2) is 5.96 Å². The zero-order valence-electron chi connectivity index (χ0n) is 13.2. The molecule has 0 aliphatic carbocycles. The molecule has 1 aromatic rings. The van der Waals surface area contributed by atoms with E-state index in [-0.39, 0.29) is 12.0 Å². The maximum Gasteiger partial charge on any atom is 0.195 e. The van der Waals surface area contributed by atoms with Crippen molar-refractivity contribution in [3.63, 3.8) is 0 Å². The predicted molar refractivity (Wildman–Crippen MR) is 85.2 cm³/mol. The Bertz CT molecular complexity index is 403. The normalized spacial score (nSPS) is 13.5. The number of guanidine groups is 1. The maximum atomic E-state index is 9.70. The average Bonchev–Trinajstić information content (AvgIpc) is 2.37. The topological polar surface area (TPSA) is 39.1 Å². The Labute approximate surface area is 122 Å². The summed E-state index contributed by atoms with van der Waals surface area (Å²) in [5, 5.41) is 9.70. The van der Waals surface area contributed by atoms with Crippen LogP contribution in [0.15, 0.2) is 35.3 Å². The third kappa shape index (κ3) is 5.21. The first-order valence-corrected chi connectivity index (χ1v) is 7.04. The molecule has 112 valence electrons. The van der Waals surface area contributed by atoms with Crippen LogP contribution < -0.4 is 0 Å². The molecule has 1 aromatic carbocycles. The number of hydrogen-bond donors (Lipinski definition) is 1. The van der Waals surface area contributed by atoms with Crippen LogP contribution >= 0.6 is 0 Å². The van der Waals surface area contributed by atoms with E-state index < -0.39 is 0 Å². The van der Waals surface area contributed by atoms with Crippen molar-refractivity contribution in [1.29, 1.82) is 0 Å². The molecule has 0 aliphatic heterocycles. The lowest BCUT2D eigenvalue weighted by molar-refractivity contribution is 0.175. The Hall–Kier alpha value is -1.55. The Balaban J connectivity index is 2.88. The van der Waals surface area contributed by atoms with Crippen LogP contribution in [0.1, 0.15) is 24.8 Å². The highest BCUT2D eigenvalue weighted by Crippen LogP contribution is 2.21. The molecule has 0 aromatic heterocycles. The van der Waals surface area contributed by atoms with Crippen molar-refractivity contribution >= 4 is 5.96 Å². The summed E-state index contributed by atoms with van der Waals surface area (Å²) in [5.41, 5.74) is 1.23. The van der Waals surface area contributed by atoms with Gasteiger partial charge in [0, 0.05) is 40.7 Å².